The number of para-hydroxylation sites is 1. The lowest BCUT2D eigenvalue weighted by Gasteiger charge is -2.32. The monoisotopic (exact) mass is 446 g/mol. The van der Waals surface area contributed by atoms with Crippen LogP contribution in [-0.2, 0) is 10.0 Å². The number of benzene rings is 1. The van der Waals surface area contributed by atoms with Gasteiger partial charge in [-0.25, -0.2) is 18.4 Å². The second kappa shape index (κ2) is 8.64. The maximum absolute atomic E-state index is 13.1. The van der Waals surface area contributed by atoms with Gasteiger partial charge in [-0.1, -0.05) is 12.1 Å². The highest BCUT2D eigenvalue weighted by Crippen LogP contribution is 2.33. The van der Waals surface area contributed by atoms with Crippen molar-refractivity contribution in [3.05, 3.63) is 36.7 Å². The molecule has 0 N–H and O–H groups in total. The molecule has 8 nitrogen and oxygen atoms in total. The van der Waals surface area contributed by atoms with Crippen molar-refractivity contribution in [1.82, 2.24) is 14.3 Å². The number of alkyl halides is 3. The molecule has 1 aliphatic heterocycles. The Kier molecular flexibility index (Phi) is 6.36. The van der Waals surface area contributed by atoms with Crippen molar-refractivity contribution < 1.29 is 31.1 Å². The number of rotatable bonds is 6. The van der Waals surface area contributed by atoms with Crippen LogP contribution in [0.4, 0.5) is 19.0 Å². The molecule has 164 valence electrons. The van der Waals surface area contributed by atoms with E-state index in [1.165, 1.54) is 24.5 Å². The molecule has 1 unspecified atom stereocenters. The predicted octanol–water partition coefficient (Wildman–Crippen LogP) is 2.67. The van der Waals surface area contributed by atoms with Gasteiger partial charge >= 0.3 is 6.36 Å². The summed E-state index contributed by atoms with van der Waals surface area (Å²) in [6.07, 6.45) is -1.52. The fourth-order valence-electron chi connectivity index (χ4n) is 3.10. The van der Waals surface area contributed by atoms with E-state index in [1.807, 2.05) is 0 Å². The molecule has 1 atom stereocenters. The van der Waals surface area contributed by atoms with E-state index < -0.39 is 33.1 Å². The lowest BCUT2D eigenvalue weighted by Crippen LogP contribution is -2.44. The fourth-order valence-corrected chi connectivity index (χ4v) is 4.72. The van der Waals surface area contributed by atoms with Crippen LogP contribution in [0.5, 0.6) is 11.6 Å². The topological polar surface area (TPSA) is 84.9 Å². The van der Waals surface area contributed by atoms with Gasteiger partial charge in [0.2, 0.25) is 10.0 Å². The summed E-state index contributed by atoms with van der Waals surface area (Å²) in [6, 6.07) is 4.69. The molecule has 0 spiro atoms. The van der Waals surface area contributed by atoms with E-state index in [1.54, 1.807) is 19.0 Å². The van der Waals surface area contributed by atoms with Crippen LogP contribution in [0, 0.1) is 0 Å². The van der Waals surface area contributed by atoms with Crippen molar-refractivity contribution >= 4 is 15.8 Å². The molecule has 2 heterocycles. The van der Waals surface area contributed by atoms with Crippen molar-refractivity contribution in [3.63, 3.8) is 0 Å². The maximum atomic E-state index is 13.1. The van der Waals surface area contributed by atoms with Crippen LogP contribution in [0.25, 0.3) is 0 Å². The van der Waals surface area contributed by atoms with Crippen molar-refractivity contribution in [2.24, 2.45) is 0 Å². The number of hydrogen-bond donors (Lipinski definition) is 0. The lowest BCUT2D eigenvalue weighted by molar-refractivity contribution is -0.275. The van der Waals surface area contributed by atoms with Crippen molar-refractivity contribution in [2.45, 2.75) is 30.2 Å². The van der Waals surface area contributed by atoms with Crippen molar-refractivity contribution in [3.8, 4) is 11.6 Å². The molecule has 0 saturated carbocycles. The van der Waals surface area contributed by atoms with Crippen LogP contribution in [0.15, 0.2) is 41.6 Å². The molecular weight excluding hydrogens is 425 g/mol. The van der Waals surface area contributed by atoms with Crippen LogP contribution in [0.3, 0.4) is 0 Å². The summed E-state index contributed by atoms with van der Waals surface area (Å²) in [7, 11) is -0.695. The van der Waals surface area contributed by atoms with Gasteiger partial charge in [-0.3, -0.25) is 0 Å². The Hall–Kier alpha value is -2.60. The SMILES string of the molecule is CN(C)c1nccnc1OC1CCCN(S(=O)(=O)c2ccccc2OC(F)(F)F)C1. The highest BCUT2D eigenvalue weighted by molar-refractivity contribution is 7.89. The second-order valence-corrected chi connectivity index (χ2v) is 8.73. The highest BCUT2D eigenvalue weighted by Gasteiger charge is 2.37. The van der Waals surface area contributed by atoms with Gasteiger partial charge in [0.15, 0.2) is 5.82 Å². The summed E-state index contributed by atoms with van der Waals surface area (Å²) < 4.78 is 75.1. The number of aromatic nitrogens is 2. The van der Waals surface area contributed by atoms with E-state index in [0.29, 0.717) is 18.7 Å². The fraction of sp³-hybridized carbons (Fsp3) is 0.444. The summed E-state index contributed by atoms with van der Waals surface area (Å²) >= 11 is 0. The van der Waals surface area contributed by atoms with E-state index in [4.69, 9.17) is 4.74 Å². The van der Waals surface area contributed by atoms with Gasteiger partial charge in [-0.2, -0.15) is 4.31 Å². The smallest absolute Gasteiger partial charge is 0.470 e. The number of anilines is 1. The first-order valence-corrected chi connectivity index (χ1v) is 10.5. The Labute approximate surface area is 172 Å². The number of halogens is 3. The molecule has 0 bridgehead atoms. The number of piperidine rings is 1. The van der Waals surface area contributed by atoms with Gasteiger partial charge in [-0.05, 0) is 25.0 Å². The zero-order valence-electron chi connectivity index (χ0n) is 16.3. The molecule has 12 heteroatoms. The summed E-state index contributed by atoms with van der Waals surface area (Å²) in [4.78, 5) is 9.51. The van der Waals surface area contributed by atoms with E-state index >= 15 is 0 Å². The third-order valence-electron chi connectivity index (χ3n) is 4.38. The minimum atomic E-state index is -5.01. The molecule has 0 radical (unpaired) electrons. The molecule has 0 aliphatic carbocycles. The van der Waals surface area contributed by atoms with Gasteiger partial charge in [-0.15, -0.1) is 13.2 Å². The average molecular weight is 446 g/mol. The third kappa shape index (κ3) is 5.11. The summed E-state index contributed by atoms with van der Waals surface area (Å²) in [5.74, 6) is -0.0224. The molecule has 3 rings (SSSR count). The summed E-state index contributed by atoms with van der Waals surface area (Å²) in [5, 5.41) is 0. The molecule has 1 fully saturated rings. The van der Waals surface area contributed by atoms with Gasteiger partial charge in [0, 0.05) is 33.0 Å². The highest BCUT2D eigenvalue weighted by atomic mass is 32.2. The number of hydrogen-bond acceptors (Lipinski definition) is 7. The molecule has 1 aromatic heterocycles. The molecule has 1 saturated heterocycles. The number of ether oxygens (including phenoxy) is 2. The van der Waals surface area contributed by atoms with Crippen LogP contribution in [-0.4, -0.2) is 62.3 Å². The van der Waals surface area contributed by atoms with E-state index in [2.05, 4.69) is 14.7 Å². The number of nitrogens with zero attached hydrogens (tertiary/aromatic N) is 4. The first-order chi connectivity index (χ1) is 14.1. The standard InChI is InChI=1S/C18H21F3N4O4S/c1-24(2)16-17(23-10-9-22-16)28-13-6-5-11-25(12-13)30(26,27)15-8-4-3-7-14(15)29-18(19,20)21/h3-4,7-10,13H,5-6,11-12H2,1-2H3. The Morgan fingerprint density at radius 2 is 1.87 bits per heavy atom. The Bertz CT molecular complexity index is 985. The Balaban J connectivity index is 1.82. The number of sulfonamides is 1. The van der Waals surface area contributed by atoms with Crippen molar-refractivity contribution in [1.29, 1.82) is 0 Å². The predicted molar refractivity (Wildman–Crippen MR) is 102 cm³/mol. The van der Waals surface area contributed by atoms with E-state index in [9.17, 15) is 21.6 Å². The van der Waals surface area contributed by atoms with Crippen LogP contribution in [0.1, 0.15) is 12.8 Å². The minimum Gasteiger partial charge on any atom is -0.470 e. The van der Waals surface area contributed by atoms with Gasteiger partial charge in [0.05, 0.1) is 6.54 Å². The summed E-state index contributed by atoms with van der Waals surface area (Å²) in [6.45, 7) is 0.121. The molecule has 30 heavy (non-hydrogen) atoms. The quantitative estimate of drug-likeness (QED) is 0.675. The molecule has 2 aromatic rings. The minimum absolute atomic E-state index is 0.0356. The first kappa shape index (κ1) is 22.1. The van der Waals surface area contributed by atoms with E-state index in [-0.39, 0.29) is 19.0 Å². The first-order valence-electron chi connectivity index (χ1n) is 9.08. The van der Waals surface area contributed by atoms with Gasteiger partial charge < -0.3 is 14.4 Å². The lowest BCUT2D eigenvalue weighted by atomic mass is 10.1. The largest absolute Gasteiger partial charge is 0.573 e. The Morgan fingerprint density at radius 3 is 2.57 bits per heavy atom. The zero-order chi connectivity index (χ0) is 21.9. The van der Waals surface area contributed by atoms with Crippen molar-refractivity contribution in [2.75, 3.05) is 32.1 Å². The van der Waals surface area contributed by atoms with Crippen LogP contribution in [0.2, 0.25) is 0 Å². The molecule has 0 amide bonds. The van der Waals surface area contributed by atoms with Crippen LogP contribution >= 0.6 is 0 Å². The molecule has 1 aromatic carbocycles. The average Bonchev–Trinajstić information content (AvgIpc) is 2.67. The van der Waals surface area contributed by atoms with E-state index in [0.717, 1.165) is 16.4 Å². The third-order valence-corrected chi connectivity index (χ3v) is 6.29. The van der Waals surface area contributed by atoms with Gasteiger partial charge in [0.25, 0.3) is 5.88 Å². The maximum Gasteiger partial charge on any atom is 0.573 e. The second-order valence-electron chi connectivity index (χ2n) is 6.82. The Morgan fingerprint density at radius 1 is 1.17 bits per heavy atom. The molecular formula is C18H21F3N4O4S. The molecule has 1 aliphatic rings. The summed E-state index contributed by atoms with van der Waals surface area (Å²) in [5.41, 5.74) is 0. The van der Waals surface area contributed by atoms with Gasteiger partial charge in [0.1, 0.15) is 16.7 Å². The normalized spacial score (nSPS) is 18.1. The zero-order valence-corrected chi connectivity index (χ0v) is 17.2. The van der Waals surface area contributed by atoms with Crippen LogP contribution < -0.4 is 14.4 Å².